The zero-order valence-electron chi connectivity index (χ0n) is 8.98. The molecule has 5 heteroatoms. The molecule has 1 aliphatic carbocycles. The number of nitrogens with two attached hydrogens (primary N) is 1. The molecule has 88 valence electrons. The minimum atomic E-state index is -3.66. The molecule has 0 bridgehead atoms. The molecule has 0 aromatic heterocycles. The minimum Gasteiger partial charge on any atom is -0.327 e. The van der Waals surface area contributed by atoms with Gasteiger partial charge in [-0.05, 0) is 31.9 Å². The van der Waals surface area contributed by atoms with E-state index in [0.717, 1.165) is 6.07 Å². The monoisotopic (exact) mass is 243 g/mol. The van der Waals surface area contributed by atoms with Crippen LogP contribution in [0.4, 0.5) is 4.39 Å². The molecule has 0 heterocycles. The summed E-state index contributed by atoms with van der Waals surface area (Å²) in [5, 5.41) is 0. The van der Waals surface area contributed by atoms with Crippen molar-refractivity contribution >= 4 is 9.84 Å². The van der Waals surface area contributed by atoms with E-state index in [1.807, 2.05) is 0 Å². The summed E-state index contributed by atoms with van der Waals surface area (Å²) in [5.74, 6) is -0.700. The molecule has 1 aromatic carbocycles. The standard InChI is InChI=1S/C11H14FNO2S/c1-8(13)11(6-7-11)16(14,15)10-5-3-2-4-9(10)12/h2-5,8H,6-7,13H2,1H3. The molecule has 1 fully saturated rings. The Morgan fingerprint density at radius 1 is 1.38 bits per heavy atom. The summed E-state index contributed by atoms with van der Waals surface area (Å²) in [6.45, 7) is 1.66. The number of hydrogen-bond acceptors (Lipinski definition) is 3. The van der Waals surface area contributed by atoms with E-state index in [2.05, 4.69) is 0 Å². The summed E-state index contributed by atoms with van der Waals surface area (Å²) >= 11 is 0. The third-order valence-corrected chi connectivity index (χ3v) is 5.99. The molecular formula is C11H14FNO2S. The van der Waals surface area contributed by atoms with Gasteiger partial charge in [0.15, 0.2) is 9.84 Å². The first-order valence-corrected chi connectivity index (χ1v) is 6.65. The van der Waals surface area contributed by atoms with Crippen LogP contribution < -0.4 is 5.73 Å². The fraction of sp³-hybridized carbons (Fsp3) is 0.455. The summed E-state index contributed by atoms with van der Waals surface area (Å²) in [5.41, 5.74) is 5.70. The van der Waals surface area contributed by atoms with Crippen LogP contribution in [-0.2, 0) is 9.84 Å². The Kier molecular flexibility index (Phi) is 2.55. The highest BCUT2D eigenvalue weighted by molar-refractivity contribution is 7.93. The molecule has 0 radical (unpaired) electrons. The zero-order chi connectivity index (χ0) is 12.0. The lowest BCUT2D eigenvalue weighted by atomic mass is 10.2. The fourth-order valence-electron chi connectivity index (χ4n) is 1.97. The second-order valence-corrected chi connectivity index (χ2v) is 6.55. The summed E-state index contributed by atoms with van der Waals surface area (Å²) in [6.07, 6.45) is 1.03. The van der Waals surface area contributed by atoms with Gasteiger partial charge in [-0.1, -0.05) is 12.1 Å². The van der Waals surface area contributed by atoms with Crippen molar-refractivity contribution in [3.63, 3.8) is 0 Å². The second kappa shape index (κ2) is 3.53. The lowest BCUT2D eigenvalue weighted by Crippen LogP contribution is -2.40. The van der Waals surface area contributed by atoms with Crippen LogP contribution in [0.3, 0.4) is 0 Å². The van der Waals surface area contributed by atoms with E-state index in [-0.39, 0.29) is 4.90 Å². The van der Waals surface area contributed by atoms with Crippen LogP contribution in [0, 0.1) is 5.82 Å². The van der Waals surface area contributed by atoms with Crippen molar-refractivity contribution in [2.45, 2.75) is 35.4 Å². The maximum Gasteiger partial charge on any atom is 0.188 e. The molecule has 1 aromatic rings. The maximum absolute atomic E-state index is 13.5. The summed E-state index contributed by atoms with van der Waals surface area (Å²) in [7, 11) is -3.66. The van der Waals surface area contributed by atoms with E-state index in [0.29, 0.717) is 12.8 Å². The molecule has 2 rings (SSSR count). The highest BCUT2D eigenvalue weighted by Crippen LogP contribution is 2.49. The van der Waals surface area contributed by atoms with Crippen molar-refractivity contribution in [3.05, 3.63) is 30.1 Å². The predicted molar refractivity (Wildman–Crippen MR) is 59.2 cm³/mol. The third kappa shape index (κ3) is 1.46. The first kappa shape index (κ1) is 11.5. The first-order chi connectivity index (χ1) is 7.42. The Morgan fingerprint density at radius 2 is 1.94 bits per heavy atom. The van der Waals surface area contributed by atoms with Crippen molar-refractivity contribution in [3.8, 4) is 0 Å². The highest BCUT2D eigenvalue weighted by Gasteiger charge is 2.58. The van der Waals surface area contributed by atoms with Crippen LogP contribution in [0.15, 0.2) is 29.2 Å². The zero-order valence-corrected chi connectivity index (χ0v) is 9.80. The molecule has 1 aliphatic rings. The smallest absolute Gasteiger partial charge is 0.188 e. The number of benzene rings is 1. The van der Waals surface area contributed by atoms with Gasteiger partial charge in [0.25, 0.3) is 0 Å². The number of rotatable bonds is 3. The quantitative estimate of drug-likeness (QED) is 0.874. The topological polar surface area (TPSA) is 60.2 Å². The molecule has 2 N–H and O–H groups in total. The Morgan fingerprint density at radius 3 is 2.38 bits per heavy atom. The summed E-state index contributed by atoms with van der Waals surface area (Å²) in [6, 6.07) is 4.97. The van der Waals surface area contributed by atoms with Crippen molar-refractivity contribution in [2.24, 2.45) is 5.73 Å². The van der Waals surface area contributed by atoms with Crippen LogP contribution in [0.1, 0.15) is 19.8 Å². The van der Waals surface area contributed by atoms with Crippen molar-refractivity contribution in [1.82, 2.24) is 0 Å². The maximum atomic E-state index is 13.5. The molecule has 16 heavy (non-hydrogen) atoms. The predicted octanol–water partition coefficient (Wildman–Crippen LogP) is 1.48. The van der Waals surface area contributed by atoms with Crippen LogP contribution >= 0.6 is 0 Å². The summed E-state index contributed by atoms with van der Waals surface area (Å²) < 4.78 is 37.1. The largest absolute Gasteiger partial charge is 0.327 e. The van der Waals surface area contributed by atoms with Crippen molar-refractivity contribution in [2.75, 3.05) is 0 Å². The minimum absolute atomic E-state index is 0.232. The van der Waals surface area contributed by atoms with Gasteiger partial charge in [0.05, 0.1) is 4.75 Å². The van der Waals surface area contributed by atoms with E-state index < -0.39 is 26.4 Å². The van der Waals surface area contributed by atoms with E-state index in [9.17, 15) is 12.8 Å². The van der Waals surface area contributed by atoms with Crippen molar-refractivity contribution in [1.29, 1.82) is 0 Å². The Bertz CT molecular complexity index is 506. The Labute approximate surface area is 94.4 Å². The highest BCUT2D eigenvalue weighted by atomic mass is 32.2. The fourth-order valence-corrected chi connectivity index (χ4v) is 4.12. The second-order valence-electron chi connectivity index (χ2n) is 4.29. The number of halogens is 1. The van der Waals surface area contributed by atoms with Gasteiger partial charge in [0.1, 0.15) is 10.7 Å². The van der Waals surface area contributed by atoms with Gasteiger partial charge in [0.2, 0.25) is 0 Å². The normalized spacial score (nSPS) is 20.4. The van der Waals surface area contributed by atoms with Crippen molar-refractivity contribution < 1.29 is 12.8 Å². The summed E-state index contributed by atoms with van der Waals surface area (Å²) in [4.78, 5) is -0.232. The van der Waals surface area contributed by atoms with Gasteiger partial charge < -0.3 is 5.73 Å². The lowest BCUT2D eigenvalue weighted by molar-refractivity contribution is 0.537. The third-order valence-electron chi connectivity index (χ3n) is 3.23. The van der Waals surface area contributed by atoms with Gasteiger partial charge in [-0.3, -0.25) is 0 Å². The first-order valence-electron chi connectivity index (χ1n) is 5.16. The molecule has 0 amide bonds. The average molecular weight is 243 g/mol. The molecule has 0 aliphatic heterocycles. The Balaban J connectivity index is 2.53. The molecule has 0 spiro atoms. The molecular weight excluding hydrogens is 229 g/mol. The van der Waals surface area contributed by atoms with Crippen LogP contribution in [0.5, 0.6) is 0 Å². The van der Waals surface area contributed by atoms with Gasteiger partial charge in [0, 0.05) is 6.04 Å². The van der Waals surface area contributed by atoms with E-state index in [4.69, 9.17) is 5.73 Å². The van der Waals surface area contributed by atoms with Gasteiger partial charge in [-0.25, -0.2) is 12.8 Å². The van der Waals surface area contributed by atoms with Gasteiger partial charge >= 0.3 is 0 Å². The number of hydrogen-bond donors (Lipinski definition) is 1. The molecule has 3 nitrogen and oxygen atoms in total. The molecule has 1 unspecified atom stereocenters. The molecule has 1 saturated carbocycles. The van der Waals surface area contributed by atoms with E-state index >= 15 is 0 Å². The van der Waals surface area contributed by atoms with Crippen LogP contribution in [-0.4, -0.2) is 19.2 Å². The molecule has 1 atom stereocenters. The van der Waals surface area contributed by atoms with Gasteiger partial charge in [-0.2, -0.15) is 0 Å². The number of sulfone groups is 1. The molecule has 0 saturated heterocycles. The average Bonchev–Trinajstić information content (AvgIpc) is 2.98. The van der Waals surface area contributed by atoms with E-state index in [1.165, 1.54) is 18.2 Å². The SMILES string of the molecule is CC(N)C1(S(=O)(=O)c2ccccc2F)CC1. The van der Waals surface area contributed by atoms with Gasteiger partial charge in [-0.15, -0.1) is 0 Å². The van der Waals surface area contributed by atoms with E-state index in [1.54, 1.807) is 6.92 Å². The van der Waals surface area contributed by atoms with Crippen LogP contribution in [0.2, 0.25) is 0 Å². The van der Waals surface area contributed by atoms with Crippen LogP contribution in [0.25, 0.3) is 0 Å². The Hall–Kier alpha value is -0.940. The lowest BCUT2D eigenvalue weighted by Gasteiger charge is -2.20.